The summed E-state index contributed by atoms with van der Waals surface area (Å²) in [5, 5.41) is 1.000. The van der Waals surface area contributed by atoms with Crippen LogP contribution in [-0.4, -0.2) is 49.4 Å². The van der Waals surface area contributed by atoms with Gasteiger partial charge in [0.1, 0.15) is 24.0 Å². The summed E-state index contributed by atoms with van der Waals surface area (Å²) in [6, 6.07) is 7.85. The molecule has 0 saturated carbocycles. The normalized spacial score (nSPS) is 16.8. The first-order valence-corrected chi connectivity index (χ1v) is 10.6. The van der Waals surface area contributed by atoms with E-state index in [1.54, 1.807) is 14.2 Å². The quantitative estimate of drug-likeness (QED) is 0.568. The number of aromatic nitrogens is 1. The molecule has 1 aromatic heterocycles. The molecule has 3 aromatic rings. The van der Waals surface area contributed by atoms with Crippen LogP contribution in [0.3, 0.4) is 0 Å². The maximum absolute atomic E-state index is 13.3. The predicted octanol–water partition coefficient (Wildman–Crippen LogP) is 3.91. The highest BCUT2D eigenvalue weighted by molar-refractivity contribution is 6.16. The first-order chi connectivity index (χ1) is 15.5. The van der Waals surface area contributed by atoms with E-state index in [1.165, 1.54) is 0 Å². The number of carbonyl (C=O) groups is 1. The van der Waals surface area contributed by atoms with Crippen molar-refractivity contribution in [3.05, 3.63) is 58.5 Å². The lowest BCUT2D eigenvalue weighted by Crippen LogP contribution is -2.34. The van der Waals surface area contributed by atoms with Gasteiger partial charge in [-0.05, 0) is 42.8 Å². The molecule has 2 aliphatic rings. The van der Waals surface area contributed by atoms with Gasteiger partial charge in [0.05, 0.1) is 24.8 Å². The molecule has 0 N–H and O–H groups in total. The smallest absolute Gasteiger partial charge is 0.232 e. The Bertz CT molecular complexity index is 1260. The van der Waals surface area contributed by atoms with Crippen molar-refractivity contribution >= 4 is 22.8 Å². The largest absolute Gasteiger partial charge is 0.497 e. The topological polar surface area (TPSA) is 62.2 Å². The zero-order valence-electron chi connectivity index (χ0n) is 18.7. The third-order valence-corrected chi connectivity index (χ3v) is 6.11. The number of hydrogen-bond donors (Lipinski definition) is 0. The second-order valence-corrected chi connectivity index (χ2v) is 8.21. The van der Waals surface area contributed by atoms with Gasteiger partial charge in [-0.3, -0.25) is 9.69 Å². The standard InChI is InChI=1S/C25H26N2O5/c1-15-9-21-19(13-27(14-31-21)7-8-29-3)25-23(15)24(28)22(32-25)10-16-12-26(2)20-6-5-17(30-4)11-18(16)20/h5-6,9-12H,7-8,13-14H2,1-4H3/b22-10-. The Balaban J connectivity index is 1.55. The Labute approximate surface area is 186 Å². The van der Waals surface area contributed by atoms with Gasteiger partial charge in [0.2, 0.25) is 5.78 Å². The van der Waals surface area contributed by atoms with Gasteiger partial charge in [0.15, 0.2) is 5.76 Å². The van der Waals surface area contributed by atoms with Crippen molar-refractivity contribution in [2.75, 3.05) is 34.1 Å². The van der Waals surface area contributed by atoms with Gasteiger partial charge in [0.25, 0.3) is 0 Å². The van der Waals surface area contributed by atoms with E-state index in [1.807, 2.05) is 55.1 Å². The lowest BCUT2D eigenvalue weighted by molar-refractivity contribution is 0.0646. The van der Waals surface area contributed by atoms with E-state index in [-0.39, 0.29) is 5.78 Å². The summed E-state index contributed by atoms with van der Waals surface area (Å²) in [6.07, 6.45) is 3.82. The maximum atomic E-state index is 13.3. The number of allylic oxidation sites excluding steroid dienone is 1. The summed E-state index contributed by atoms with van der Waals surface area (Å²) >= 11 is 0. The molecule has 2 aromatic carbocycles. The number of benzene rings is 2. The van der Waals surface area contributed by atoms with Crippen molar-refractivity contribution in [3.8, 4) is 17.2 Å². The van der Waals surface area contributed by atoms with Gasteiger partial charge in [-0.25, -0.2) is 0 Å². The molecule has 0 unspecified atom stereocenters. The average Bonchev–Trinajstić information content (AvgIpc) is 3.29. The zero-order valence-corrected chi connectivity index (χ0v) is 18.7. The predicted molar refractivity (Wildman–Crippen MR) is 121 cm³/mol. The molecule has 5 rings (SSSR count). The van der Waals surface area contributed by atoms with Gasteiger partial charge in [-0.15, -0.1) is 0 Å². The van der Waals surface area contributed by atoms with Crippen molar-refractivity contribution in [1.82, 2.24) is 9.47 Å². The minimum atomic E-state index is -0.103. The molecule has 2 aliphatic heterocycles. The van der Waals surface area contributed by atoms with Crippen LogP contribution in [0.2, 0.25) is 0 Å². The van der Waals surface area contributed by atoms with Gasteiger partial charge >= 0.3 is 0 Å². The van der Waals surface area contributed by atoms with Crippen LogP contribution in [-0.2, 0) is 18.3 Å². The number of methoxy groups -OCH3 is 2. The Kier molecular flexibility index (Phi) is 5.15. The molecule has 0 atom stereocenters. The number of Topliss-reactive ketones (excluding diaryl/α,β-unsaturated/α-hetero) is 1. The highest BCUT2D eigenvalue weighted by atomic mass is 16.5. The Morgan fingerprint density at radius 3 is 2.84 bits per heavy atom. The lowest BCUT2D eigenvalue weighted by Gasteiger charge is -2.29. The van der Waals surface area contributed by atoms with Crippen LogP contribution in [0.4, 0.5) is 0 Å². The average molecular weight is 434 g/mol. The molecule has 3 heterocycles. The van der Waals surface area contributed by atoms with Crippen LogP contribution in [0.1, 0.15) is 27.0 Å². The molecule has 7 heteroatoms. The first-order valence-electron chi connectivity index (χ1n) is 10.6. The van der Waals surface area contributed by atoms with E-state index in [9.17, 15) is 4.79 Å². The van der Waals surface area contributed by atoms with Crippen molar-refractivity contribution in [3.63, 3.8) is 0 Å². The maximum Gasteiger partial charge on any atom is 0.232 e. The van der Waals surface area contributed by atoms with E-state index in [0.717, 1.165) is 45.6 Å². The van der Waals surface area contributed by atoms with Crippen molar-refractivity contribution in [2.24, 2.45) is 7.05 Å². The number of aryl methyl sites for hydroxylation is 2. The Hall–Kier alpha value is -3.29. The number of ketones is 1. The van der Waals surface area contributed by atoms with Crippen molar-refractivity contribution in [2.45, 2.75) is 13.5 Å². The van der Waals surface area contributed by atoms with Crippen LogP contribution >= 0.6 is 0 Å². The molecule has 0 amide bonds. The summed E-state index contributed by atoms with van der Waals surface area (Å²) in [6.45, 7) is 4.42. The zero-order chi connectivity index (χ0) is 22.4. The van der Waals surface area contributed by atoms with Crippen LogP contribution in [0.15, 0.2) is 36.2 Å². The van der Waals surface area contributed by atoms with Crippen molar-refractivity contribution in [1.29, 1.82) is 0 Å². The Morgan fingerprint density at radius 1 is 1.22 bits per heavy atom. The summed E-state index contributed by atoms with van der Waals surface area (Å²) in [4.78, 5) is 15.5. The molecule has 0 radical (unpaired) electrons. The highest BCUT2D eigenvalue weighted by Crippen LogP contribution is 2.44. The van der Waals surface area contributed by atoms with E-state index in [0.29, 0.717) is 37.0 Å². The Morgan fingerprint density at radius 2 is 2.06 bits per heavy atom. The second kappa shape index (κ2) is 8.00. The SMILES string of the molecule is COCCN1COc2cc(C)c3c(c2C1)O/C(=C\c1cn(C)c2ccc(OC)cc12)C3=O. The molecule has 0 aliphatic carbocycles. The fourth-order valence-corrected chi connectivity index (χ4v) is 4.42. The summed E-state index contributed by atoms with van der Waals surface area (Å²) < 4.78 is 24.8. The number of hydrogen-bond acceptors (Lipinski definition) is 6. The minimum Gasteiger partial charge on any atom is -0.497 e. The second-order valence-electron chi connectivity index (χ2n) is 8.21. The molecule has 32 heavy (non-hydrogen) atoms. The molecule has 7 nitrogen and oxygen atoms in total. The van der Waals surface area contributed by atoms with E-state index >= 15 is 0 Å². The molecular weight excluding hydrogens is 408 g/mol. The number of carbonyl (C=O) groups excluding carboxylic acids is 1. The lowest BCUT2D eigenvalue weighted by atomic mass is 9.98. The van der Waals surface area contributed by atoms with Crippen LogP contribution in [0.25, 0.3) is 17.0 Å². The first kappa shape index (κ1) is 20.6. The fraction of sp³-hybridized carbons (Fsp3) is 0.320. The van der Waals surface area contributed by atoms with Crippen molar-refractivity contribution < 1.29 is 23.7 Å². The molecule has 0 spiro atoms. The number of nitrogens with zero attached hydrogens (tertiary/aromatic N) is 2. The number of rotatable bonds is 5. The molecule has 0 bridgehead atoms. The summed E-state index contributed by atoms with van der Waals surface area (Å²) in [5.74, 6) is 2.37. The van der Waals surface area contributed by atoms with Crippen LogP contribution < -0.4 is 14.2 Å². The highest BCUT2D eigenvalue weighted by Gasteiger charge is 2.35. The molecular formula is C25H26N2O5. The molecule has 0 fully saturated rings. The van der Waals surface area contributed by atoms with E-state index in [2.05, 4.69) is 4.90 Å². The third-order valence-electron chi connectivity index (χ3n) is 6.11. The van der Waals surface area contributed by atoms with Gasteiger partial charge < -0.3 is 23.5 Å². The van der Waals surface area contributed by atoms with Gasteiger partial charge in [-0.2, -0.15) is 0 Å². The van der Waals surface area contributed by atoms with E-state index in [4.69, 9.17) is 18.9 Å². The van der Waals surface area contributed by atoms with Gasteiger partial charge in [0, 0.05) is 49.9 Å². The van der Waals surface area contributed by atoms with Crippen LogP contribution in [0, 0.1) is 6.92 Å². The molecule has 166 valence electrons. The monoisotopic (exact) mass is 434 g/mol. The minimum absolute atomic E-state index is 0.103. The third kappa shape index (κ3) is 3.34. The van der Waals surface area contributed by atoms with Crippen LogP contribution in [0.5, 0.6) is 17.2 Å². The fourth-order valence-electron chi connectivity index (χ4n) is 4.42. The number of fused-ring (bicyclic) bond motifs is 4. The van der Waals surface area contributed by atoms with Gasteiger partial charge in [-0.1, -0.05) is 0 Å². The number of ether oxygens (including phenoxy) is 4. The summed E-state index contributed by atoms with van der Waals surface area (Å²) in [7, 11) is 5.31. The van der Waals surface area contributed by atoms with E-state index < -0.39 is 0 Å². The molecule has 0 saturated heterocycles. The summed E-state index contributed by atoms with van der Waals surface area (Å²) in [5.41, 5.74) is 4.34.